The van der Waals surface area contributed by atoms with Gasteiger partial charge in [0.15, 0.2) is 11.6 Å². The van der Waals surface area contributed by atoms with Gasteiger partial charge in [-0.2, -0.15) is 0 Å². The number of hydrogen-bond acceptors (Lipinski definition) is 16. The van der Waals surface area contributed by atoms with Crippen LogP contribution < -0.4 is 29.9 Å². The highest BCUT2D eigenvalue weighted by molar-refractivity contribution is 5.82. The van der Waals surface area contributed by atoms with Crippen LogP contribution in [0.5, 0.6) is 11.5 Å². The van der Waals surface area contributed by atoms with E-state index in [9.17, 15) is 10.2 Å². The summed E-state index contributed by atoms with van der Waals surface area (Å²) in [5, 5.41) is 27.5. The first-order chi connectivity index (χ1) is 33.8. The molecule has 0 amide bonds. The van der Waals surface area contributed by atoms with E-state index in [1.54, 1.807) is 26.5 Å². The molecular formula is C52H61N11O6. The molecule has 5 N–H and O–H groups in total. The normalized spacial score (nSPS) is 15.5. The first kappa shape index (κ1) is 47.5. The summed E-state index contributed by atoms with van der Waals surface area (Å²) in [4.78, 5) is 38.0. The van der Waals surface area contributed by atoms with E-state index in [0.717, 1.165) is 87.7 Å². The molecule has 2 aliphatic rings. The van der Waals surface area contributed by atoms with E-state index >= 15 is 0 Å². The Kier molecular flexibility index (Phi) is 15.6. The molecule has 0 saturated carbocycles. The second-order valence-corrected chi connectivity index (χ2v) is 17.6. The number of nitrogens with zero attached hydrogens (tertiary/aromatic N) is 8. The fraction of sp³-hybridized carbons (Fsp3) is 0.385. The molecule has 2 unspecified atom stereocenters. The second-order valence-electron chi connectivity index (χ2n) is 17.6. The van der Waals surface area contributed by atoms with Gasteiger partial charge in [-0.25, -0.2) is 24.9 Å². The van der Waals surface area contributed by atoms with Gasteiger partial charge in [-0.1, -0.05) is 24.3 Å². The van der Waals surface area contributed by atoms with Crippen molar-refractivity contribution in [2.45, 2.75) is 56.5 Å². The second kappa shape index (κ2) is 22.7. The molecule has 5 aromatic heterocycles. The number of anilines is 2. The molecule has 2 fully saturated rings. The van der Waals surface area contributed by atoms with Crippen LogP contribution >= 0.6 is 0 Å². The minimum absolute atomic E-state index is 0.134. The van der Waals surface area contributed by atoms with Gasteiger partial charge in [-0.15, -0.1) is 0 Å². The maximum absolute atomic E-state index is 10.3. The molecule has 0 spiro atoms. The largest absolute Gasteiger partial charge is 0.491 e. The van der Waals surface area contributed by atoms with Crippen LogP contribution in [0.4, 0.5) is 11.6 Å². The van der Waals surface area contributed by atoms with Crippen LogP contribution in [0.1, 0.15) is 31.4 Å². The molecule has 0 bridgehead atoms. The molecule has 2 aliphatic heterocycles. The number of likely N-dealkylation sites (N-methyl/N-ethyl adjacent to an activating group) is 2. The minimum atomic E-state index is -0.644. The Bertz CT molecular complexity index is 2770. The third-order valence-corrected chi connectivity index (χ3v) is 12.5. The average molecular weight is 936 g/mol. The molecule has 360 valence electrons. The van der Waals surface area contributed by atoms with Crippen LogP contribution in [0, 0.1) is 0 Å². The lowest BCUT2D eigenvalue weighted by atomic mass is 10.1. The van der Waals surface area contributed by atoms with Crippen LogP contribution in [0.25, 0.3) is 56.3 Å². The van der Waals surface area contributed by atoms with Crippen LogP contribution in [0.15, 0.2) is 104 Å². The first-order valence-corrected chi connectivity index (χ1v) is 23.7. The zero-order valence-corrected chi connectivity index (χ0v) is 39.4. The summed E-state index contributed by atoms with van der Waals surface area (Å²) in [5.74, 6) is 3.99. The van der Waals surface area contributed by atoms with E-state index < -0.39 is 12.2 Å². The zero-order chi connectivity index (χ0) is 47.5. The van der Waals surface area contributed by atoms with Gasteiger partial charge in [-0.3, -0.25) is 4.98 Å². The van der Waals surface area contributed by atoms with Crippen LogP contribution in [-0.2, 0) is 16.0 Å². The standard InChI is InChI=1S/C52H61N11O6/c1-53-29-42(64)32-68-44-8-4-6-35(24-44)46-26-48(62(3)40-12-18-66-19-13-40)60-52(59-46)38-22-37-23-39(57-50(37)56-28-38)31-63(41-14-20-67-21-15-41)49-27-47(58-51(61-49)34-10-16-55-17-11-34)36-7-5-9-45(25-36)69-33-43(65)30-54-2/h4-11,16-17,22-28,40-43,53-54,64-65H,12-15,18-21,29-33H2,1-3H3,(H,56,57). The topological polar surface area (TPSA) is 201 Å². The van der Waals surface area contributed by atoms with E-state index in [1.165, 1.54) is 0 Å². The Balaban J connectivity index is 1.05. The van der Waals surface area contributed by atoms with Crippen molar-refractivity contribution in [1.29, 1.82) is 0 Å². The number of benzene rings is 2. The summed E-state index contributed by atoms with van der Waals surface area (Å²) in [6, 6.07) is 28.1. The molecule has 17 heteroatoms. The van der Waals surface area contributed by atoms with Gasteiger partial charge in [0, 0.05) is 123 Å². The molecule has 0 radical (unpaired) electrons. The van der Waals surface area contributed by atoms with Crippen molar-refractivity contribution in [2.75, 3.05) is 83.7 Å². The molecule has 0 aliphatic carbocycles. The summed E-state index contributed by atoms with van der Waals surface area (Å²) in [6.45, 7) is 4.41. The van der Waals surface area contributed by atoms with E-state index in [4.69, 9.17) is 43.9 Å². The predicted molar refractivity (Wildman–Crippen MR) is 266 cm³/mol. The summed E-state index contributed by atoms with van der Waals surface area (Å²) in [6.07, 6.45) is 7.51. The highest BCUT2D eigenvalue weighted by atomic mass is 16.5. The molecule has 2 atom stereocenters. The Morgan fingerprint density at radius 1 is 0.667 bits per heavy atom. The number of ether oxygens (including phenoxy) is 4. The molecule has 69 heavy (non-hydrogen) atoms. The average Bonchev–Trinajstić information content (AvgIpc) is 3.82. The number of aliphatic hydroxyl groups excluding tert-OH is 2. The summed E-state index contributed by atoms with van der Waals surface area (Å²) in [5.41, 5.74) is 6.55. The quantitative estimate of drug-likeness (QED) is 0.0602. The third-order valence-electron chi connectivity index (χ3n) is 12.5. The number of aromatic nitrogens is 7. The summed E-state index contributed by atoms with van der Waals surface area (Å²) in [7, 11) is 5.68. The lowest BCUT2D eigenvalue weighted by Gasteiger charge is -2.35. The van der Waals surface area contributed by atoms with Crippen molar-refractivity contribution in [3.63, 3.8) is 0 Å². The van der Waals surface area contributed by atoms with Crippen LogP contribution in [-0.4, -0.2) is 143 Å². The lowest BCUT2D eigenvalue weighted by Crippen LogP contribution is -2.39. The van der Waals surface area contributed by atoms with Crippen molar-refractivity contribution < 1.29 is 29.2 Å². The molecule has 2 aromatic carbocycles. The zero-order valence-electron chi connectivity index (χ0n) is 39.4. The van der Waals surface area contributed by atoms with E-state index in [-0.39, 0.29) is 25.3 Å². The monoisotopic (exact) mass is 935 g/mol. The van der Waals surface area contributed by atoms with Gasteiger partial charge < -0.3 is 54.6 Å². The molecule has 7 aromatic rings. The van der Waals surface area contributed by atoms with Crippen molar-refractivity contribution in [1.82, 2.24) is 45.5 Å². The van der Waals surface area contributed by atoms with Gasteiger partial charge in [-0.05, 0) is 88.3 Å². The fourth-order valence-corrected chi connectivity index (χ4v) is 8.83. The van der Waals surface area contributed by atoms with Gasteiger partial charge in [0.25, 0.3) is 0 Å². The van der Waals surface area contributed by atoms with Gasteiger partial charge in [0.2, 0.25) is 0 Å². The van der Waals surface area contributed by atoms with Crippen molar-refractivity contribution >= 4 is 22.7 Å². The van der Waals surface area contributed by atoms with Gasteiger partial charge in [0.1, 0.15) is 54.2 Å². The Labute approximate surface area is 402 Å². The number of nitrogens with one attached hydrogen (secondary N) is 3. The number of fused-ring (bicyclic) bond motifs is 1. The van der Waals surface area contributed by atoms with Gasteiger partial charge >= 0.3 is 0 Å². The van der Waals surface area contributed by atoms with E-state index in [0.29, 0.717) is 69.2 Å². The highest BCUT2D eigenvalue weighted by Gasteiger charge is 2.27. The number of pyridine rings is 2. The number of H-pyrrole nitrogens is 1. The number of hydrogen-bond donors (Lipinski definition) is 5. The Morgan fingerprint density at radius 2 is 1.23 bits per heavy atom. The van der Waals surface area contributed by atoms with Crippen molar-refractivity contribution in [3.8, 4) is 56.8 Å². The maximum Gasteiger partial charge on any atom is 0.163 e. The number of aromatic amines is 1. The van der Waals surface area contributed by atoms with E-state index in [1.807, 2.05) is 79.0 Å². The fourth-order valence-electron chi connectivity index (χ4n) is 8.83. The van der Waals surface area contributed by atoms with Crippen LogP contribution in [0.2, 0.25) is 0 Å². The molecule has 9 rings (SSSR count). The molecular weight excluding hydrogens is 875 g/mol. The summed E-state index contributed by atoms with van der Waals surface area (Å²) >= 11 is 0. The Hall–Kier alpha value is -6.60. The van der Waals surface area contributed by atoms with E-state index in [2.05, 4.69) is 49.6 Å². The van der Waals surface area contributed by atoms with Crippen LogP contribution in [0.3, 0.4) is 0 Å². The first-order valence-electron chi connectivity index (χ1n) is 23.7. The molecule has 2 saturated heterocycles. The third kappa shape index (κ3) is 12.0. The Morgan fingerprint density at radius 3 is 1.84 bits per heavy atom. The summed E-state index contributed by atoms with van der Waals surface area (Å²) < 4.78 is 23.6. The van der Waals surface area contributed by atoms with Crippen molar-refractivity contribution in [3.05, 3.63) is 109 Å². The SMILES string of the molecule is CNCC(O)COc1cccc(-c2cc(N(C)C3CCOCC3)nc(-c3cnc4[nH]c(CN(c5cc(-c6cccc(OCC(O)CNC)c6)nc(-c6ccncc6)n5)C5CCOCC5)cc4c3)n2)c1. The maximum atomic E-state index is 10.3. The number of rotatable bonds is 20. The molecule has 17 nitrogen and oxygen atoms in total. The number of aliphatic hydroxyl groups is 2. The minimum Gasteiger partial charge on any atom is -0.491 e. The van der Waals surface area contributed by atoms with Crippen molar-refractivity contribution in [2.24, 2.45) is 0 Å². The lowest BCUT2D eigenvalue weighted by molar-refractivity contribution is 0.0839. The molecule has 7 heterocycles. The highest BCUT2D eigenvalue weighted by Crippen LogP contribution is 2.34. The predicted octanol–water partition coefficient (Wildman–Crippen LogP) is 5.92. The smallest absolute Gasteiger partial charge is 0.163 e. The van der Waals surface area contributed by atoms with Gasteiger partial charge in [0.05, 0.1) is 17.9 Å².